The monoisotopic (exact) mass is 478 g/mol. The number of aliphatic imine (C=N–C) groups is 1. The number of unbranched alkanes of at least 4 members (excludes halogenated alkanes) is 1. The van der Waals surface area contributed by atoms with Crippen molar-refractivity contribution in [3.63, 3.8) is 0 Å². The molecule has 0 radical (unpaired) electrons. The van der Waals surface area contributed by atoms with Crippen LogP contribution in [0, 0.1) is 0 Å². The Labute approximate surface area is 173 Å². The molecule has 1 rings (SSSR count). The highest BCUT2D eigenvalue weighted by molar-refractivity contribution is 14.0. The number of nitrogens with one attached hydrogen (secondary N) is 2. The van der Waals surface area contributed by atoms with Gasteiger partial charge in [-0.1, -0.05) is 12.1 Å². The van der Waals surface area contributed by atoms with Crippen molar-refractivity contribution in [3.8, 4) is 0 Å². The maximum absolute atomic E-state index is 11.9. The minimum absolute atomic E-state index is 0. The summed E-state index contributed by atoms with van der Waals surface area (Å²) in [5.74, 6) is 2.06. The Hall–Kier alpha value is -0.960. The SMILES string of the molecule is CCNC(=NCc1ccc(C(=O)N(C)C)cc1)NCCCCSC.I. The first-order valence-electron chi connectivity index (χ1n) is 8.40. The van der Waals surface area contributed by atoms with Crippen LogP contribution in [0.2, 0.25) is 0 Å². The van der Waals surface area contributed by atoms with Crippen molar-refractivity contribution in [2.45, 2.75) is 26.3 Å². The molecular formula is C18H31IN4OS. The highest BCUT2D eigenvalue weighted by Crippen LogP contribution is 2.07. The summed E-state index contributed by atoms with van der Waals surface area (Å²) in [4.78, 5) is 18.1. The number of rotatable bonds is 9. The Bertz CT molecular complexity index is 520. The highest BCUT2D eigenvalue weighted by atomic mass is 127. The summed E-state index contributed by atoms with van der Waals surface area (Å²) in [5, 5.41) is 6.62. The summed E-state index contributed by atoms with van der Waals surface area (Å²) >= 11 is 1.88. The first-order valence-corrected chi connectivity index (χ1v) is 9.79. The minimum Gasteiger partial charge on any atom is -0.357 e. The van der Waals surface area contributed by atoms with E-state index in [1.54, 1.807) is 19.0 Å². The van der Waals surface area contributed by atoms with Gasteiger partial charge in [-0.25, -0.2) is 4.99 Å². The van der Waals surface area contributed by atoms with Crippen molar-refractivity contribution in [2.75, 3.05) is 39.2 Å². The highest BCUT2D eigenvalue weighted by Gasteiger charge is 2.07. The number of amides is 1. The fourth-order valence-corrected chi connectivity index (χ4v) is 2.59. The molecule has 0 saturated carbocycles. The zero-order valence-electron chi connectivity index (χ0n) is 15.7. The van der Waals surface area contributed by atoms with Crippen LogP contribution < -0.4 is 10.6 Å². The predicted octanol–water partition coefficient (Wildman–Crippen LogP) is 3.20. The normalized spacial score (nSPS) is 10.8. The van der Waals surface area contributed by atoms with Crippen molar-refractivity contribution in [1.82, 2.24) is 15.5 Å². The van der Waals surface area contributed by atoms with Crippen molar-refractivity contribution in [3.05, 3.63) is 35.4 Å². The Balaban J connectivity index is 0.00000576. The molecule has 0 heterocycles. The fourth-order valence-electron chi connectivity index (χ4n) is 2.10. The van der Waals surface area contributed by atoms with E-state index in [2.05, 4.69) is 28.8 Å². The first kappa shape index (κ1) is 24.0. The van der Waals surface area contributed by atoms with Crippen LogP contribution in [0.1, 0.15) is 35.7 Å². The van der Waals surface area contributed by atoms with Crippen LogP contribution >= 0.6 is 35.7 Å². The summed E-state index contributed by atoms with van der Waals surface area (Å²) in [6, 6.07) is 7.64. The zero-order valence-corrected chi connectivity index (χ0v) is 18.8. The largest absolute Gasteiger partial charge is 0.357 e. The number of guanidine groups is 1. The standard InChI is InChI=1S/C18H30N4OS.HI/c1-5-19-18(20-12-6-7-13-24-4)21-14-15-8-10-16(11-9-15)17(23)22(2)3;/h8-11H,5-7,12-14H2,1-4H3,(H2,19,20,21);1H. The van der Waals surface area contributed by atoms with E-state index >= 15 is 0 Å². The van der Waals surface area contributed by atoms with Gasteiger partial charge in [-0.3, -0.25) is 4.79 Å². The molecule has 0 unspecified atom stereocenters. The topological polar surface area (TPSA) is 56.7 Å². The third-order valence-corrected chi connectivity index (χ3v) is 4.14. The number of hydrogen-bond donors (Lipinski definition) is 2. The molecule has 0 atom stereocenters. The third kappa shape index (κ3) is 9.94. The molecule has 1 aromatic carbocycles. The van der Waals surface area contributed by atoms with Crippen molar-refractivity contribution in [2.24, 2.45) is 4.99 Å². The molecule has 5 nitrogen and oxygen atoms in total. The van der Waals surface area contributed by atoms with Crippen LogP contribution in [-0.2, 0) is 6.54 Å². The van der Waals surface area contributed by atoms with Gasteiger partial charge in [0.15, 0.2) is 5.96 Å². The number of thioether (sulfide) groups is 1. The zero-order chi connectivity index (χ0) is 17.8. The van der Waals surface area contributed by atoms with E-state index < -0.39 is 0 Å². The van der Waals surface area contributed by atoms with Gasteiger partial charge < -0.3 is 15.5 Å². The van der Waals surface area contributed by atoms with Crippen LogP contribution in [-0.4, -0.2) is 56.0 Å². The number of halogens is 1. The number of benzene rings is 1. The molecule has 0 aliphatic rings. The quantitative estimate of drug-likeness (QED) is 0.248. The Kier molecular flexibility index (Phi) is 13.7. The Morgan fingerprint density at radius 3 is 2.40 bits per heavy atom. The second kappa shape index (κ2) is 14.2. The van der Waals surface area contributed by atoms with E-state index in [4.69, 9.17) is 0 Å². The lowest BCUT2D eigenvalue weighted by atomic mass is 10.1. The summed E-state index contributed by atoms with van der Waals surface area (Å²) in [7, 11) is 3.52. The molecule has 0 fully saturated rings. The summed E-state index contributed by atoms with van der Waals surface area (Å²) in [6.45, 7) is 4.43. The summed E-state index contributed by atoms with van der Waals surface area (Å²) < 4.78 is 0. The summed E-state index contributed by atoms with van der Waals surface area (Å²) in [5.41, 5.74) is 1.79. The van der Waals surface area contributed by atoms with E-state index in [0.29, 0.717) is 12.1 Å². The van der Waals surface area contributed by atoms with Gasteiger partial charge in [0.25, 0.3) is 5.91 Å². The van der Waals surface area contributed by atoms with E-state index in [-0.39, 0.29) is 29.9 Å². The van der Waals surface area contributed by atoms with Gasteiger partial charge in [0.2, 0.25) is 0 Å². The van der Waals surface area contributed by atoms with Crippen LogP contribution in [0.15, 0.2) is 29.3 Å². The second-order valence-corrected chi connectivity index (χ2v) is 6.70. The van der Waals surface area contributed by atoms with Gasteiger partial charge in [0.05, 0.1) is 6.54 Å². The van der Waals surface area contributed by atoms with Gasteiger partial charge >= 0.3 is 0 Å². The van der Waals surface area contributed by atoms with E-state index in [1.807, 2.05) is 36.0 Å². The van der Waals surface area contributed by atoms with E-state index in [1.165, 1.54) is 12.2 Å². The number of hydrogen-bond acceptors (Lipinski definition) is 3. The van der Waals surface area contributed by atoms with Gasteiger partial charge in [0.1, 0.15) is 0 Å². The molecule has 0 bridgehead atoms. The maximum Gasteiger partial charge on any atom is 0.253 e. The fraction of sp³-hybridized carbons (Fsp3) is 0.556. The van der Waals surface area contributed by atoms with Gasteiger partial charge in [-0.05, 0) is 49.5 Å². The average Bonchev–Trinajstić information content (AvgIpc) is 2.59. The van der Waals surface area contributed by atoms with Gasteiger partial charge in [-0.15, -0.1) is 24.0 Å². The van der Waals surface area contributed by atoms with E-state index in [9.17, 15) is 4.79 Å². The van der Waals surface area contributed by atoms with Crippen LogP contribution in [0.4, 0.5) is 0 Å². The van der Waals surface area contributed by atoms with Crippen LogP contribution in [0.3, 0.4) is 0 Å². The molecule has 0 aromatic heterocycles. The lowest BCUT2D eigenvalue weighted by Crippen LogP contribution is -2.37. The number of nitrogens with zero attached hydrogens (tertiary/aromatic N) is 2. The van der Waals surface area contributed by atoms with Crippen molar-refractivity contribution < 1.29 is 4.79 Å². The van der Waals surface area contributed by atoms with Gasteiger partial charge in [0, 0.05) is 32.7 Å². The molecule has 0 saturated heterocycles. The number of carbonyl (C=O) groups is 1. The molecule has 0 aliphatic carbocycles. The molecule has 0 spiro atoms. The van der Waals surface area contributed by atoms with Crippen LogP contribution in [0.5, 0.6) is 0 Å². The van der Waals surface area contributed by atoms with E-state index in [0.717, 1.165) is 31.0 Å². The molecule has 1 aromatic rings. The molecule has 7 heteroatoms. The number of carbonyl (C=O) groups excluding carboxylic acids is 1. The predicted molar refractivity (Wildman–Crippen MR) is 120 cm³/mol. The minimum atomic E-state index is 0. The molecule has 25 heavy (non-hydrogen) atoms. The molecule has 142 valence electrons. The lowest BCUT2D eigenvalue weighted by Gasteiger charge is -2.12. The molecular weight excluding hydrogens is 447 g/mol. The third-order valence-electron chi connectivity index (χ3n) is 3.44. The first-order chi connectivity index (χ1) is 11.6. The molecule has 0 aliphatic heterocycles. The molecule has 1 amide bonds. The lowest BCUT2D eigenvalue weighted by molar-refractivity contribution is 0.0827. The molecule has 2 N–H and O–H groups in total. The van der Waals surface area contributed by atoms with Gasteiger partial charge in [-0.2, -0.15) is 11.8 Å². The van der Waals surface area contributed by atoms with Crippen molar-refractivity contribution in [1.29, 1.82) is 0 Å². The average molecular weight is 478 g/mol. The smallest absolute Gasteiger partial charge is 0.253 e. The second-order valence-electron chi connectivity index (χ2n) is 5.72. The Morgan fingerprint density at radius 1 is 1.16 bits per heavy atom. The van der Waals surface area contributed by atoms with Crippen LogP contribution in [0.25, 0.3) is 0 Å². The Morgan fingerprint density at radius 2 is 1.84 bits per heavy atom. The van der Waals surface area contributed by atoms with Crippen molar-refractivity contribution >= 4 is 47.6 Å². The summed E-state index contributed by atoms with van der Waals surface area (Å²) in [6.07, 6.45) is 4.50. The maximum atomic E-state index is 11.9.